The molecule has 0 aromatic heterocycles. The van der Waals surface area contributed by atoms with E-state index in [1.165, 1.54) is 0 Å². The molecule has 0 fully saturated rings. The molecule has 318 valence electrons. The highest BCUT2D eigenvalue weighted by atomic mass is 19.1. The van der Waals surface area contributed by atoms with E-state index in [-0.39, 0.29) is 0 Å². The molecule has 11 rings (SSSR count). The van der Waals surface area contributed by atoms with Crippen molar-refractivity contribution in [1.82, 2.24) is 0 Å². The van der Waals surface area contributed by atoms with Crippen LogP contribution in [0.15, 0.2) is 206 Å². The van der Waals surface area contributed by atoms with E-state index in [4.69, 9.17) is 0 Å². The first-order chi connectivity index (χ1) is 32.7. The van der Waals surface area contributed by atoms with Crippen LogP contribution in [0.1, 0.15) is 36.1 Å². The summed E-state index contributed by atoms with van der Waals surface area (Å²) in [6.07, 6.45) is 0. The van der Waals surface area contributed by atoms with Gasteiger partial charge in [-0.25, -0.2) is 8.78 Å². The summed E-state index contributed by atoms with van der Waals surface area (Å²) in [5, 5.41) is 24.8. The first-order valence-corrected chi connectivity index (χ1v) is 22.2. The second-order valence-corrected chi connectivity index (χ2v) is 17.4. The number of halogens is 2. The Bertz CT molecular complexity index is 3690. The second kappa shape index (κ2) is 16.3. The van der Waals surface area contributed by atoms with Crippen molar-refractivity contribution in [3.63, 3.8) is 0 Å². The highest BCUT2D eigenvalue weighted by Crippen LogP contribution is 2.54. The molecular weight excluding hydrogens is 827 g/mol. The highest BCUT2D eigenvalue weighted by Gasteiger charge is 2.38. The van der Waals surface area contributed by atoms with Crippen LogP contribution in [0.4, 0.5) is 42.9 Å². The molecule has 0 bridgehead atoms. The molecule has 1 aliphatic carbocycles. The van der Waals surface area contributed by atoms with Crippen LogP contribution in [-0.4, -0.2) is 0 Å². The molecule has 67 heavy (non-hydrogen) atoms. The van der Waals surface area contributed by atoms with Crippen LogP contribution in [0.25, 0.3) is 54.9 Å². The van der Waals surface area contributed by atoms with Crippen molar-refractivity contribution < 1.29 is 8.78 Å². The van der Waals surface area contributed by atoms with Gasteiger partial charge in [-0.15, -0.1) is 0 Å². The number of hydrogen-bond acceptors (Lipinski definition) is 4. The zero-order chi connectivity index (χ0) is 45.8. The van der Waals surface area contributed by atoms with Crippen LogP contribution >= 0.6 is 0 Å². The average Bonchev–Trinajstić information content (AvgIpc) is 3.60. The summed E-state index contributed by atoms with van der Waals surface area (Å²) in [6, 6.07) is 70.3. The van der Waals surface area contributed by atoms with Gasteiger partial charge < -0.3 is 9.80 Å². The van der Waals surface area contributed by atoms with Gasteiger partial charge in [0.1, 0.15) is 23.8 Å². The standard InChI is InChI=1S/C61H40F2N4/c1-61(2)53-36-49(67(57-19-11-9-17-47(57)38-65)59-31-24-44(35-55(59)63)42-21-20-40-14-6-7-15-41(40)32-42)26-29-51(53)52-27-22-45-33-48(25-28-50(45)60(52)61)66(56-18-10-8-16-46(56)37-64)58-30-23-43(34-54(58)62)39-12-4-3-5-13-39/h3-36H,1-2H3. The van der Waals surface area contributed by atoms with Crippen LogP contribution < -0.4 is 9.80 Å². The normalized spacial score (nSPS) is 12.3. The lowest BCUT2D eigenvalue weighted by Gasteiger charge is -2.29. The lowest BCUT2D eigenvalue weighted by molar-refractivity contribution is 0.629. The molecule has 0 N–H and O–H groups in total. The molecule has 0 heterocycles. The van der Waals surface area contributed by atoms with E-state index >= 15 is 8.78 Å². The molecule has 0 saturated carbocycles. The summed E-state index contributed by atoms with van der Waals surface area (Å²) in [7, 11) is 0. The van der Waals surface area contributed by atoms with Gasteiger partial charge in [0.15, 0.2) is 0 Å². The van der Waals surface area contributed by atoms with E-state index in [1.54, 1.807) is 36.4 Å². The van der Waals surface area contributed by atoms with E-state index in [9.17, 15) is 10.5 Å². The van der Waals surface area contributed by atoms with Gasteiger partial charge in [-0.1, -0.05) is 141 Å². The molecule has 1 aliphatic rings. The zero-order valence-corrected chi connectivity index (χ0v) is 36.7. The van der Waals surface area contributed by atoms with Crippen molar-refractivity contribution in [1.29, 1.82) is 10.5 Å². The summed E-state index contributed by atoms with van der Waals surface area (Å²) in [5.41, 5.74) is 11.2. The van der Waals surface area contributed by atoms with Crippen LogP contribution in [0.5, 0.6) is 0 Å². The maximum atomic E-state index is 16.8. The van der Waals surface area contributed by atoms with Gasteiger partial charge in [0.25, 0.3) is 0 Å². The van der Waals surface area contributed by atoms with Gasteiger partial charge in [0.2, 0.25) is 0 Å². The lowest BCUT2D eigenvalue weighted by Crippen LogP contribution is -2.18. The molecule has 6 heteroatoms. The summed E-state index contributed by atoms with van der Waals surface area (Å²) in [4.78, 5) is 3.67. The molecule has 0 saturated heterocycles. The van der Waals surface area contributed by atoms with Gasteiger partial charge >= 0.3 is 0 Å². The molecule has 0 amide bonds. The van der Waals surface area contributed by atoms with Crippen LogP contribution in [0.2, 0.25) is 0 Å². The number of fused-ring (bicyclic) bond motifs is 6. The Morgan fingerprint density at radius 2 is 0.910 bits per heavy atom. The zero-order valence-electron chi connectivity index (χ0n) is 36.7. The van der Waals surface area contributed by atoms with E-state index in [2.05, 4.69) is 86.6 Å². The first-order valence-electron chi connectivity index (χ1n) is 22.2. The molecule has 0 radical (unpaired) electrons. The second-order valence-electron chi connectivity index (χ2n) is 17.4. The monoisotopic (exact) mass is 866 g/mol. The molecule has 0 atom stereocenters. The predicted molar refractivity (Wildman–Crippen MR) is 269 cm³/mol. The van der Waals surface area contributed by atoms with Crippen LogP contribution in [-0.2, 0) is 5.41 Å². The molecule has 10 aromatic carbocycles. The Labute approximate surface area is 388 Å². The first kappa shape index (κ1) is 40.9. The van der Waals surface area contributed by atoms with Crippen LogP contribution in [0, 0.1) is 34.3 Å². The van der Waals surface area contributed by atoms with Crippen molar-refractivity contribution in [2.24, 2.45) is 0 Å². The SMILES string of the molecule is CC1(C)c2cc(N(c3ccc(-c4ccc5ccccc5c4)cc3F)c3ccccc3C#N)ccc2-c2ccc3cc(N(c4ccc(-c5ccccc5)cc4F)c4ccccc4C#N)ccc3c21. The minimum Gasteiger partial charge on any atom is -0.306 e. The lowest BCUT2D eigenvalue weighted by atomic mass is 9.80. The number of nitriles is 2. The maximum absolute atomic E-state index is 16.8. The van der Waals surface area contributed by atoms with Crippen molar-refractivity contribution in [3.8, 4) is 45.5 Å². The molecular formula is C61H40F2N4. The van der Waals surface area contributed by atoms with Gasteiger partial charge in [-0.05, 0) is 145 Å². The molecule has 4 nitrogen and oxygen atoms in total. The highest BCUT2D eigenvalue weighted by molar-refractivity contribution is 6.00. The number of rotatable bonds is 8. The summed E-state index contributed by atoms with van der Waals surface area (Å²) in [5.74, 6) is -0.829. The number of benzene rings is 10. The Morgan fingerprint density at radius 3 is 1.55 bits per heavy atom. The van der Waals surface area contributed by atoms with E-state index in [0.29, 0.717) is 39.6 Å². The summed E-state index contributed by atoms with van der Waals surface area (Å²) < 4.78 is 33.3. The quantitative estimate of drug-likeness (QED) is 0.153. The Morgan fingerprint density at radius 1 is 0.403 bits per heavy atom. The number of anilines is 6. The fraction of sp³-hybridized carbons (Fsp3) is 0.0492. The average molecular weight is 867 g/mol. The maximum Gasteiger partial charge on any atom is 0.147 e. The Kier molecular flexibility index (Phi) is 9.95. The van der Waals surface area contributed by atoms with Crippen molar-refractivity contribution >= 4 is 55.7 Å². The number of hydrogen-bond donors (Lipinski definition) is 0. The minimum absolute atomic E-state index is 0.324. The van der Waals surface area contributed by atoms with E-state index in [1.807, 2.05) is 119 Å². The van der Waals surface area contributed by atoms with Gasteiger partial charge in [0, 0.05) is 16.8 Å². The van der Waals surface area contributed by atoms with Crippen molar-refractivity contribution in [2.45, 2.75) is 19.3 Å². The predicted octanol–water partition coefficient (Wildman–Crippen LogP) is 16.6. The minimum atomic E-state index is -0.507. The number of nitrogens with zero attached hydrogens (tertiary/aromatic N) is 4. The fourth-order valence-corrected chi connectivity index (χ4v) is 9.99. The van der Waals surface area contributed by atoms with Gasteiger partial charge in [-0.2, -0.15) is 10.5 Å². The molecule has 10 aromatic rings. The summed E-state index contributed by atoms with van der Waals surface area (Å²) >= 11 is 0. The third-order valence-corrected chi connectivity index (χ3v) is 13.2. The molecule has 0 unspecified atom stereocenters. The van der Waals surface area contributed by atoms with Crippen molar-refractivity contribution in [2.75, 3.05) is 9.80 Å². The van der Waals surface area contributed by atoms with Crippen LogP contribution in [0.3, 0.4) is 0 Å². The molecule has 0 aliphatic heterocycles. The Balaban J connectivity index is 1.00. The number of para-hydroxylation sites is 2. The van der Waals surface area contributed by atoms with Gasteiger partial charge in [0.05, 0.1) is 33.9 Å². The Hall–Kier alpha value is -8.84. The fourth-order valence-electron chi connectivity index (χ4n) is 9.99. The summed E-state index contributed by atoms with van der Waals surface area (Å²) in [6.45, 7) is 4.42. The van der Waals surface area contributed by atoms with E-state index < -0.39 is 17.0 Å². The topological polar surface area (TPSA) is 54.1 Å². The third-order valence-electron chi connectivity index (χ3n) is 13.2. The van der Waals surface area contributed by atoms with E-state index in [0.717, 1.165) is 71.7 Å². The van der Waals surface area contributed by atoms with Gasteiger partial charge in [-0.3, -0.25) is 0 Å². The third kappa shape index (κ3) is 6.95. The van der Waals surface area contributed by atoms with Crippen molar-refractivity contribution in [3.05, 3.63) is 240 Å². The smallest absolute Gasteiger partial charge is 0.147 e. The molecule has 0 spiro atoms. The largest absolute Gasteiger partial charge is 0.306 e.